The molecule has 0 spiro atoms. The minimum Gasteiger partial charge on any atom is -0.324 e. The predicted octanol–water partition coefficient (Wildman–Crippen LogP) is 4.22. The first-order valence-electron chi connectivity index (χ1n) is 8.89. The summed E-state index contributed by atoms with van der Waals surface area (Å²) in [5.74, 6) is -0.294. The number of hydrogen-bond donors (Lipinski definition) is 2. The molecule has 0 fully saturated rings. The van der Waals surface area contributed by atoms with Crippen molar-refractivity contribution in [1.82, 2.24) is 0 Å². The van der Waals surface area contributed by atoms with Gasteiger partial charge in [-0.25, -0.2) is 8.42 Å². The van der Waals surface area contributed by atoms with E-state index in [2.05, 4.69) is 10.0 Å². The minimum atomic E-state index is -3.45. The summed E-state index contributed by atoms with van der Waals surface area (Å²) >= 11 is 0. The molecule has 0 saturated carbocycles. The van der Waals surface area contributed by atoms with Crippen LogP contribution in [-0.4, -0.2) is 20.6 Å². The molecule has 0 aliphatic carbocycles. The zero-order chi connectivity index (χ0) is 20.0. The topological polar surface area (TPSA) is 75.3 Å². The fraction of sp³-hybridized carbons (Fsp3) is 0.136. The fourth-order valence-corrected chi connectivity index (χ4v) is 3.64. The van der Waals surface area contributed by atoms with Crippen LogP contribution >= 0.6 is 0 Å². The maximum absolute atomic E-state index is 12.8. The lowest BCUT2D eigenvalue weighted by Crippen LogP contribution is -2.18. The second kappa shape index (κ2) is 8.71. The van der Waals surface area contributed by atoms with E-state index in [-0.39, 0.29) is 18.2 Å². The van der Waals surface area contributed by atoms with Gasteiger partial charge in [0.2, 0.25) is 15.9 Å². The highest BCUT2D eigenvalue weighted by Crippen LogP contribution is 2.29. The van der Waals surface area contributed by atoms with Crippen LogP contribution in [0.5, 0.6) is 0 Å². The monoisotopic (exact) mass is 394 g/mol. The van der Waals surface area contributed by atoms with Crippen LogP contribution in [0.4, 0.5) is 11.4 Å². The molecule has 0 aromatic heterocycles. The van der Waals surface area contributed by atoms with Crippen molar-refractivity contribution >= 4 is 27.3 Å². The molecule has 28 heavy (non-hydrogen) atoms. The highest BCUT2D eigenvalue weighted by molar-refractivity contribution is 7.92. The molecule has 0 aliphatic rings. The quantitative estimate of drug-likeness (QED) is 0.630. The van der Waals surface area contributed by atoms with Crippen LogP contribution in [0.15, 0.2) is 84.9 Å². The summed E-state index contributed by atoms with van der Waals surface area (Å²) < 4.78 is 25.6. The molecule has 6 heteroatoms. The van der Waals surface area contributed by atoms with E-state index in [9.17, 15) is 13.2 Å². The summed E-state index contributed by atoms with van der Waals surface area (Å²) in [4.78, 5) is 12.8. The van der Waals surface area contributed by atoms with Gasteiger partial charge in [0, 0.05) is 12.3 Å². The second-order valence-corrected chi connectivity index (χ2v) is 8.29. The molecular weight excluding hydrogens is 372 g/mol. The molecule has 0 unspecified atom stereocenters. The predicted molar refractivity (Wildman–Crippen MR) is 113 cm³/mol. The lowest BCUT2D eigenvalue weighted by atomic mass is 9.88. The lowest BCUT2D eigenvalue weighted by molar-refractivity contribution is -0.116. The van der Waals surface area contributed by atoms with Gasteiger partial charge >= 0.3 is 0 Å². The molecule has 3 aromatic carbocycles. The molecule has 0 aliphatic heterocycles. The van der Waals surface area contributed by atoms with Gasteiger partial charge < -0.3 is 5.32 Å². The molecule has 0 heterocycles. The molecule has 3 aromatic rings. The number of anilines is 2. The van der Waals surface area contributed by atoms with Crippen molar-refractivity contribution < 1.29 is 13.2 Å². The number of benzene rings is 3. The van der Waals surface area contributed by atoms with E-state index < -0.39 is 10.0 Å². The number of amides is 1. The Hall–Kier alpha value is -3.12. The summed E-state index contributed by atoms with van der Waals surface area (Å²) in [6.07, 6.45) is 1.31. The van der Waals surface area contributed by atoms with Gasteiger partial charge in [-0.1, -0.05) is 72.8 Å². The molecule has 144 valence electrons. The van der Waals surface area contributed by atoms with E-state index in [0.717, 1.165) is 17.4 Å². The number of sulfonamides is 1. The smallest absolute Gasteiger partial charge is 0.229 e. The molecule has 0 atom stereocenters. The standard InChI is InChI=1S/C22H22N2O3S/c1-28(26,27)24-21-15-9-8-14-20(21)23-22(25)16-19(17-10-4-2-5-11-17)18-12-6-3-7-13-18/h2-15,19,24H,16H2,1H3,(H,23,25). The third-order valence-corrected chi connectivity index (χ3v) is 4.88. The average Bonchev–Trinajstić information content (AvgIpc) is 2.68. The van der Waals surface area contributed by atoms with Crippen LogP contribution in [0.1, 0.15) is 23.5 Å². The van der Waals surface area contributed by atoms with Crippen LogP contribution < -0.4 is 10.0 Å². The van der Waals surface area contributed by atoms with E-state index in [4.69, 9.17) is 0 Å². The van der Waals surface area contributed by atoms with E-state index in [1.165, 1.54) is 0 Å². The largest absolute Gasteiger partial charge is 0.324 e. The Morgan fingerprint density at radius 2 is 1.25 bits per heavy atom. The molecular formula is C22H22N2O3S. The van der Waals surface area contributed by atoms with Gasteiger partial charge in [0.25, 0.3) is 0 Å². The number of para-hydroxylation sites is 2. The number of hydrogen-bond acceptors (Lipinski definition) is 3. The Morgan fingerprint density at radius 3 is 1.75 bits per heavy atom. The Morgan fingerprint density at radius 1 is 0.786 bits per heavy atom. The molecule has 0 saturated heterocycles. The van der Waals surface area contributed by atoms with E-state index >= 15 is 0 Å². The van der Waals surface area contributed by atoms with Crippen LogP contribution in [0.25, 0.3) is 0 Å². The molecule has 2 N–H and O–H groups in total. The zero-order valence-electron chi connectivity index (χ0n) is 15.5. The molecule has 3 rings (SSSR count). The zero-order valence-corrected chi connectivity index (χ0v) is 16.3. The van der Waals surface area contributed by atoms with Crippen molar-refractivity contribution in [3.05, 3.63) is 96.1 Å². The molecule has 0 bridgehead atoms. The average molecular weight is 394 g/mol. The van der Waals surface area contributed by atoms with Gasteiger partial charge in [-0.2, -0.15) is 0 Å². The van der Waals surface area contributed by atoms with Gasteiger partial charge in [-0.3, -0.25) is 9.52 Å². The van der Waals surface area contributed by atoms with E-state index in [1.807, 2.05) is 60.7 Å². The normalized spacial score (nSPS) is 11.2. The minimum absolute atomic E-state index is 0.0996. The summed E-state index contributed by atoms with van der Waals surface area (Å²) in [5, 5.41) is 2.84. The number of carbonyl (C=O) groups excluding carboxylic acids is 1. The Kier molecular flexibility index (Phi) is 6.11. The molecule has 1 amide bonds. The Labute approximate surface area is 165 Å². The summed E-state index contributed by atoms with van der Waals surface area (Å²) in [5.41, 5.74) is 2.87. The van der Waals surface area contributed by atoms with Gasteiger partial charge in [-0.05, 0) is 23.3 Å². The van der Waals surface area contributed by atoms with Crippen LogP contribution in [0, 0.1) is 0 Å². The van der Waals surface area contributed by atoms with Crippen molar-refractivity contribution in [3.63, 3.8) is 0 Å². The highest BCUT2D eigenvalue weighted by atomic mass is 32.2. The van der Waals surface area contributed by atoms with Crippen molar-refractivity contribution in [2.24, 2.45) is 0 Å². The summed E-state index contributed by atoms with van der Waals surface area (Å²) in [6, 6.07) is 26.5. The third kappa shape index (κ3) is 5.44. The van der Waals surface area contributed by atoms with Crippen LogP contribution in [0.2, 0.25) is 0 Å². The van der Waals surface area contributed by atoms with Crippen molar-refractivity contribution in [2.75, 3.05) is 16.3 Å². The van der Waals surface area contributed by atoms with Crippen LogP contribution in [-0.2, 0) is 14.8 Å². The van der Waals surface area contributed by atoms with Gasteiger partial charge in [-0.15, -0.1) is 0 Å². The highest BCUT2D eigenvalue weighted by Gasteiger charge is 2.19. The van der Waals surface area contributed by atoms with E-state index in [0.29, 0.717) is 11.4 Å². The maximum atomic E-state index is 12.8. The first-order chi connectivity index (χ1) is 13.4. The van der Waals surface area contributed by atoms with Gasteiger partial charge in [0.05, 0.1) is 17.6 Å². The van der Waals surface area contributed by atoms with E-state index in [1.54, 1.807) is 24.3 Å². The van der Waals surface area contributed by atoms with Crippen molar-refractivity contribution in [2.45, 2.75) is 12.3 Å². The number of carbonyl (C=O) groups is 1. The molecule has 5 nitrogen and oxygen atoms in total. The second-order valence-electron chi connectivity index (χ2n) is 6.55. The first-order valence-corrected chi connectivity index (χ1v) is 10.8. The van der Waals surface area contributed by atoms with Gasteiger partial charge in [0.1, 0.15) is 0 Å². The maximum Gasteiger partial charge on any atom is 0.229 e. The summed E-state index contributed by atoms with van der Waals surface area (Å²) in [7, 11) is -3.45. The Bertz CT molecular complexity index is 996. The lowest BCUT2D eigenvalue weighted by Gasteiger charge is -2.19. The SMILES string of the molecule is CS(=O)(=O)Nc1ccccc1NC(=O)CC(c1ccccc1)c1ccccc1. The third-order valence-electron chi connectivity index (χ3n) is 4.29. The Balaban J connectivity index is 1.82. The number of rotatable bonds is 7. The van der Waals surface area contributed by atoms with Gasteiger partial charge in [0.15, 0.2) is 0 Å². The first kappa shape index (κ1) is 19.6. The molecule has 0 radical (unpaired) electrons. The fourth-order valence-electron chi connectivity index (χ4n) is 3.07. The van der Waals surface area contributed by atoms with Crippen molar-refractivity contribution in [3.8, 4) is 0 Å². The summed E-state index contributed by atoms with van der Waals surface area (Å²) in [6.45, 7) is 0. The van der Waals surface area contributed by atoms with Crippen LogP contribution in [0.3, 0.4) is 0 Å². The number of nitrogens with one attached hydrogen (secondary N) is 2. The van der Waals surface area contributed by atoms with Crippen molar-refractivity contribution in [1.29, 1.82) is 0 Å².